The molecule has 0 aliphatic heterocycles. The van der Waals surface area contributed by atoms with E-state index < -0.39 is 28.3 Å². The highest BCUT2D eigenvalue weighted by molar-refractivity contribution is 6.00. The first-order valence-electron chi connectivity index (χ1n) is 5.91. The normalized spacial score (nSPS) is 12.6. The molecule has 0 aliphatic rings. The van der Waals surface area contributed by atoms with Crippen molar-refractivity contribution in [3.05, 3.63) is 39.9 Å². The number of para-hydroxylation sites is 1. The molecule has 108 valence electrons. The zero-order valence-corrected chi connectivity index (χ0v) is 11.4. The van der Waals surface area contributed by atoms with Crippen molar-refractivity contribution < 1.29 is 19.6 Å². The van der Waals surface area contributed by atoms with E-state index in [4.69, 9.17) is 5.11 Å². The largest absolute Gasteiger partial charge is 0.480 e. The van der Waals surface area contributed by atoms with E-state index in [2.05, 4.69) is 5.32 Å². The molecule has 7 heteroatoms. The average molecular weight is 280 g/mol. The summed E-state index contributed by atoms with van der Waals surface area (Å²) in [5, 5.41) is 22.3. The molecule has 0 radical (unpaired) electrons. The number of hydrogen-bond acceptors (Lipinski definition) is 4. The van der Waals surface area contributed by atoms with E-state index in [1.165, 1.54) is 24.3 Å². The van der Waals surface area contributed by atoms with Gasteiger partial charge >= 0.3 is 5.97 Å². The van der Waals surface area contributed by atoms with Crippen molar-refractivity contribution in [2.75, 3.05) is 0 Å². The maximum absolute atomic E-state index is 12.1. The molecule has 1 aromatic carbocycles. The maximum Gasteiger partial charge on any atom is 0.326 e. The summed E-state index contributed by atoms with van der Waals surface area (Å²) in [7, 11) is 0. The summed E-state index contributed by atoms with van der Waals surface area (Å²) < 4.78 is 0. The predicted molar refractivity (Wildman–Crippen MR) is 71.4 cm³/mol. The summed E-state index contributed by atoms with van der Waals surface area (Å²) in [4.78, 5) is 33.4. The lowest BCUT2D eigenvalue weighted by atomic mass is 9.86. The molecule has 20 heavy (non-hydrogen) atoms. The first-order chi connectivity index (χ1) is 9.14. The Hall–Kier alpha value is -2.44. The standard InChI is InChI=1S/C13H16N2O5/c1-13(2,3)10(12(17)18)14-11(16)8-6-4-5-7-9(8)15(19)20/h4-7,10H,1-3H3,(H,14,16)(H,17,18)/t10-/m0/s1. The summed E-state index contributed by atoms with van der Waals surface area (Å²) in [6, 6.07) is 4.26. The van der Waals surface area contributed by atoms with Crippen LogP contribution in [0.2, 0.25) is 0 Å². The Bertz CT molecular complexity index is 548. The third kappa shape index (κ3) is 3.53. The van der Waals surface area contributed by atoms with Gasteiger partial charge in [0.25, 0.3) is 11.6 Å². The van der Waals surface area contributed by atoms with E-state index in [1.54, 1.807) is 20.8 Å². The van der Waals surface area contributed by atoms with Gasteiger partial charge in [0.15, 0.2) is 0 Å². The molecule has 0 aliphatic carbocycles. The number of nitro benzene ring substituents is 1. The van der Waals surface area contributed by atoms with Crippen LogP contribution in [0.15, 0.2) is 24.3 Å². The van der Waals surface area contributed by atoms with Crippen LogP contribution < -0.4 is 5.32 Å². The molecule has 1 aromatic rings. The number of hydrogen-bond donors (Lipinski definition) is 2. The maximum atomic E-state index is 12.1. The summed E-state index contributed by atoms with van der Waals surface area (Å²) in [5.41, 5.74) is -1.23. The van der Waals surface area contributed by atoms with Crippen LogP contribution in [0.25, 0.3) is 0 Å². The number of carboxylic acids is 1. The molecular weight excluding hydrogens is 264 g/mol. The Kier molecular flexibility index (Phi) is 4.44. The summed E-state index contributed by atoms with van der Waals surface area (Å²) in [6.45, 7) is 4.97. The molecule has 1 rings (SSSR count). The number of nitrogens with zero attached hydrogens (tertiary/aromatic N) is 1. The van der Waals surface area contributed by atoms with Crippen molar-refractivity contribution in [2.24, 2.45) is 5.41 Å². The number of carboxylic acid groups (broad SMARTS) is 1. The molecule has 7 nitrogen and oxygen atoms in total. The quantitative estimate of drug-likeness (QED) is 0.645. The lowest BCUT2D eigenvalue weighted by Gasteiger charge is -2.27. The van der Waals surface area contributed by atoms with E-state index in [-0.39, 0.29) is 11.3 Å². The van der Waals surface area contributed by atoms with Gasteiger partial charge in [-0.15, -0.1) is 0 Å². The molecule has 0 heterocycles. The molecular formula is C13H16N2O5. The number of nitro groups is 1. The first-order valence-corrected chi connectivity index (χ1v) is 5.91. The molecule has 0 bridgehead atoms. The van der Waals surface area contributed by atoms with Gasteiger partial charge in [-0.05, 0) is 11.5 Å². The summed E-state index contributed by atoms with van der Waals surface area (Å²) >= 11 is 0. The molecule has 0 aromatic heterocycles. The van der Waals surface area contributed by atoms with Gasteiger partial charge in [-0.3, -0.25) is 14.9 Å². The Labute approximate surface area is 115 Å². The topological polar surface area (TPSA) is 110 Å². The molecule has 1 amide bonds. The molecule has 0 saturated carbocycles. The fourth-order valence-corrected chi connectivity index (χ4v) is 1.68. The minimum absolute atomic E-state index is 0.159. The van der Waals surface area contributed by atoms with Gasteiger partial charge in [0, 0.05) is 6.07 Å². The van der Waals surface area contributed by atoms with Crippen molar-refractivity contribution >= 4 is 17.6 Å². The van der Waals surface area contributed by atoms with Crippen molar-refractivity contribution in [3.63, 3.8) is 0 Å². The number of amides is 1. The van der Waals surface area contributed by atoms with E-state index in [9.17, 15) is 19.7 Å². The van der Waals surface area contributed by atoms with Gasteiger partial charge in [-0.1, -0.05) is 32.9 Å². The molecule has 0 saturated heterocycles. The fraction of sp³-hybridized carbons (Fsp3) is 0.385. The second kappa shape index (κ2) is 5.68. The van der Waals surface area contributed by atoms with Crippen LogP contribution in [0.4, 0.5) is 5.69 Å². The lowest BCUT2D eigenvalue weighted by molar-refractivity contribution is -0.385. The van der Waals surface area contributed by atoms with Crippen LogP contribution in [0.1, 0.15) is 31.1 Å². The molecule has 0 spiro atoms. The van der Waals surface area contributed by atoms with Crippen LogP contribution in [0.3, 0.4) is 0 Å². The highest BCUT2D eigenvalue weighted by Crippen LogP contribution is 2.22. The number of nitrogens with one attached hydrogen (secondary N) is 1. The van der Waals surface area contributed by atoms with Gasteiger partial charge in [0.05, 0.1) is 4.92 Å². The van der Waals surface area contributed by atoms with Crippen molar-refractivity contribution in [1.29, 1.82) is 0 Å². The van der Waals surface area contributed by atoms with Gasteiger partial charge in [-0.2, -0.15) is 0 Å². The van der Waals surface area contributed by atoms with Crippen LogP contribution in [0.5, 0.6) is 0 Å². The van der Waals surface area contributed by atoms with Gasteiger partial charge < -0.3 is 10.4 Å². The van der Waals surface area contributed by atoms with E-state index in [0.29, 0.717) is 0 Å². The highest BCUT2D eigenvalue weighted by atomic mass is 16.6. The van der Waals surface area contributed by atoms with Crippen LogP contribution in [-0.4, -0.2) is 27.9 Å². The number of carbonyl (C=O) groups is 2. The van der Waals surface area contributed by atoms with Crippen molar-refractivity contribution in [2.45, 2.75) is 26.8 Å². The molecule has 0 unspecified atom stereocenters. The Balaban J connectivity index is 3.08. The van der Waals surface area contributed by atoms with E-state index >= 15 is 0 Å². The summed E-state index contributed by atoms with van der Waals surface area (Å²) in [5.74, 6) is -1.97. The number of benzene rings is 1. The van der Waals surface area contributed by atoms with Gasteiger partial charge in [0.1, 0.15) is 11.6 Å². The average Bonchev–Trinajstić information content (AvgIpc) is 2.33. The predicted octanol–water partition coefficient (Wildman–Crippen LogP) is 1.82. The first kappa shape index (κ1) is 15.6. The summed E-state index contributed by atoms with van der Waals surface area (Å²) in [6.07, 6.45) is 0. The highest BCUT2D eigenvalue weighted by Gasteiger charge is 2.34. The molecule has 2 N–H and O–H groups in total. The minimum atomic E-state index is -1.19. The zero-order chi connectivity index (χ0) is 15.5. The monoisotopic (exact) mass is 280 g/mol. The van der Waals surface area contributed by atoms with Gasteiger partial charge in [-0.25, -0.2) is 4.79 Å². The Morgan fingerprint density at radius 1 is 1.30 bits per heavy atom. The minimum Gasteiger partial charge on any atom is -0.480 e. The molecule has 1 atom stereocenters. The zero-order valence-electron chi connectivity index (χ0n) is 11.4. The van der Waals surface area contributed by atoms with Crippen molar-refractivity contribution in [3.8, 4) is 0 Å². The van der Waals surface area contributed by atoms with E-state index in [1.807, 2.05) is 0 Å². The third-order valence-corrected chi connectivity index (χ3v) is 2.73. The Morgan fingerprint density at radius 3 is 2.30 bits per heavy atom. The number of carbonyl (C=O) groups excluding carboxylic acids is 1. The number of rotatable bonds is 4. The second-order valence-corrected chi connectivity index (χ2v) is 5.38. The van der Waals surface area contributed by atoms with Crippen LogP contribution >= 0.6 is 0 Å². The molecule has 0 fully saturated rings. The lowest BCUT2D eigenvalue weighted by Crippen LogP contribution is -2.49. The fourth-order valence-electron chi connectivity index (χ4n) is 1.68. The Morgan fingerprint density at radius 2 is 1.85 bits per heavy atom. The van der Waals surface area contributed by atoms with Crippen molar-refractivity contribution in [1.82, 2.24) is 5.32 Å². The SMILES string of the molecule is CC(C)(C)[C@@H](NC(=O)c1ccccc1[N+](=O)[O-])C(=O)O. The second-order valence-electron chi connectivity index (χ2n) is 5.38. The van der Waals surface area contributed by atoms with Gasteiger partial charge in [0.2, 0.25) is 0 Å². The van der Waals surface area contributed by atoms with Crippen LogP contribution in [-0.2, 0) is 4.79 Å². The van der Waals surface area contributed by atoms with Crippen LogP contribution in [0, 0.1) is 15.5 Å². The number of aliphatic carboxylic acids is 1. The smallest absolute Gasteiger partial charge is 0.326 e. The van der Waals surface area contributed by atoms with E-state index in [0.717, 1.165) is 0 Å². The third-order valence-electron chi connectivity index (χ3n) is 2.73.